The summed E-state index contributed by atoms with van der Waals surface area (Å²) in [5.74, 6) is 0. The van der Waals surface area contributed by atoms with Crippen molar-refractivity contribution in [1.29, 1.82) is 0 Å². The Bertz CT molecular complexity index is 142. The molecule has 0 bridgehead atoms. The van der Waals surface area contributed by atoms with E-state index in [0.717, 1.165) is 26.0 Å². The standard InChI is InChI=1S/C13H29NO2/c1-5-7-8-15-9-10-16-13(4)11-14-12(3)6-2/h12-14H,5-11H2,1-4H3. The molecule has 16 heavy (non-hydrogen) atoms. The van der Waals surface area contributed by atoms with Gasteiger partial charge in [-0.15, -0.1) is 0 Å². The molecule has 0 radical (unpaired) electrons. The summed E-state index contributed by atoms with van der Waals surface area (Å²) in [6.07, 6.45) is 3.76. The highest BCUT2D eigenvalue weighted by Crippen LogP contribution is 1.93. The first-order valence-corrected chi connectivity index (χ1v) is 6.63. The van der Waals surface area contributed by atoms with Crippen molar-refractivity contribution in [2.45, 2.75) is 59.1 Å². The van der Waals surface area contributed by atoms with Crippen LogP contribution in [-0.2, 0) is 9.47 Å². The zero-order valence-electron chi connectivity index (χ0n) is 11.4. The van der Waals surface area contributed by atoms with E-state index >= 15 is 0 Å². The second-order valence-corrected chi connectivity index (χ2v) is 4.36. The Morgan fingerprint density at radius 2 is 1.81 bits per heavy atom. The highest BCUT2D eigenvalue weighted by molar-refractivity contribution is 4.61. The van der Waals surface area contributed by atoms with E-state index in [-0.39, 0.29) is 6.10 Å². The van der Waals surface area contributed by atoms with Crippen LogP contribution in [0.25, 0.3) is 0 Å². The Hall–Kier alpha value is -0.120. The van der Waals surface area contributed by atoms with Crippen LogP contribution in [0.1, 0.15) is 47.0 Å². The van der Waals surface area contributed by atoms with Gasteiger partial charge in [-0.2, -0.15) is 0 Å². The van der Waals surface area contributed by atoms with Gasteiger partial charge in [-0.3, -0.25) is 0 Å². The molecule has 0 rings (SSSR count). The summed E-state index contributed by atoms with van der Waals surface area (Å²) in [6.45, 7) is 11.8. The molecule has 0 fully saturated rings. The van der Waals surface area contributed by atoms with Gasteiger partial charge in [-0.05, 0) is 26.7 Å². The maximum absolute atomic E-state index is 5.63. The van der Waals surface area contributed by atoms with E-state index in [1.54, 1.807) is 0 Å². The van der Waals surface area contributed by atoms with Crippen LogP contribution in [0.3, 0.4) is 0 Å². The third-order valence-corrected chi connectivity index (χ3v) is 2.64. The fourth-order valence-corrected chi connectivity index (χ4v) is 1.23. The molecule has 3 nitrogen and oxygen atoms in total. The molecule has 2 unspecified atom stereocenters. The maximum Gasteiger partial charge on any atom is 0.0704 e. The minimum Gasteiger partial charge on any atom is -0.379 e. The van der Waals surface area contributed by atoms with Crippen molar-refractivity contribution < 1.29 is 9.47 Å². The summed E-state index contributed by atoms with van der Waals surface area (Å²) in [5, 5.41) is 3.43. The topological polar surface area (TPSA) is 30.5 Å². The zero-order chi connectivity index (χ0) is 12.2. The van der Waals surface area contributed by atoms with Gasteiger partial charge in [0.1, 0.15) is 0 Å². The number of hydrogen-bond donors (Lipinski definition) is 1. The van der Waals surface area contributed by atoms with Gasteiger partial charge in [0.2, 0.25) is 0 Å². The summed E-state index contributed by atoms with van der Waals surface area (Å²) < 4.78 is 11.1. The molecule has 0 aliphatic heterocycles. The number of rotatable bonds is 11. The van der Waals surface area contributed by atoms with Crippen LogP contribution in [0.4, 0.5) is 0 Å². The van der Waals surface area contributed by atoms with Gasteiger partial charge in [-0.25, -0.2) is 0 Å². The van der Waals surface area contributed by atoms with Gasteiger partial charge < -0.3 is 14.8 Å². The van der Waals surface area contributed by atoms with E-state index in [1.165, 1.54) is 6.42 Å². The van der Waals surface area contributed by atoms with E-state index in [9.17, 15) is 0 Å². The first-order chi connectivity index (χ1) is 7.70. The predicted molar refractivity (Wildman–Crippen MR) is 68.9 cm³/mol. The Morgan fingerprint density at radius 1 is 1.06 bits per heavy atom. The minimum atomic E-state index is 0.267. The molecule has 0 saturated heterocycles. The molecule has 0 aromatic heterocycles. The lowest BCUT2D eigenvalue weighted by molar-refractivity contribution is 0.0114. The van der Waals surface area contributed by atoms with E-state index in [1.807, 2.05) is 0 Å². The highest BCUT2D eigenvalue weighted by atomic mass is 16.5. The fourth-order valence-electron chi connectivity index (χ4n) is 1.23. The van der Waals surface area contributed by atoms with Gasteiger partial charge in [0.05, 0.1) is 19.3 Å². The lowest BCUT2D eigenvalue weighted by atomic mass is 10.2. The zero-order valence-corrected chi connectivity index (χ0v) is 11.4. The first kappa shape index (κ1) is 15.9. The van der Waals surface area contributed by atoms with Gasteiger partial charge in [0, 0.05) is 19.2 Å². The summed E-state index contributed by atoms with van der Waals surface area (Å²) in [6, 6.07) is 0.576. The van der Waals surface area contributed by atoms with Crippen LogP contribution < -0.4 is 5.32 Å². The Labute approximate surface area is 101 Å². The van der Waals surface area contributed by atoms with Gasteiger partial charge >= 0.3 is 0 Å². The molecule has 0 aliphatic carbocycles. The molecule has 0 spiro atoms. The summed E-state index contributed by atoms with van der Waals surface area (Å²) in [5.41, 5.74) is 0. The van der Waals surface area contributed by atoms with Crippen LogP contribution >= 0.6 is 0 Å². The van der Waals surface area contributed by atoms with Crippen molar-refractivity contribution >= 4 is 0 Å². The predicted octanol–water partition coefficient (Wildman–Crippen LogP) is 2.60. The monoisotopic (exact) mass is 231 g/mol. The van der Waals surface area contributed by atoms with Crippen LogP contribution in [-0.4, -0.2) is 38.5 Å². The molecule has 98 valence electrons. The van der Waals surface area contributed by atoms with E-state index in [2.05, 4.69) is 33.0 Å². The van der Waals surface area contributed by atoms with Crippen LogP contribution in [0.15, 0.2) is 0 Å². The van der Waals surface area contributed by atoms with Gasteiger partial charge in [-0.1, -0.05) is 20.3 Å². The lowest BCUT2D eigenvalue weighted by Gasteiger charge is -2.17. The Morgan fingerprint density at radius 3 is 2.44 bits per heavy atom. The molecule has 3 heteroatoms. The number of hydrogen-bond acceptors (Lipinski definition) is 3. The summed E-state index contributed by atoms with van der Waals surface area (Å²) in [4.78, 5) is 0. The molecule has 0 aromatic carbocycles. The summed E-state index contributed by atoms with van der Waals surface area (Å²) in [7, 11) is 0. The number of ether oxygens (including phenoxy) is 2. The van der Waals surface area contributed by atoms with Gasteiger partial charge in [0.25, 0.3) is 0 Å². The van der Waals surface area contributed by atoms with Crippen molar-refractivity contribution in [3.63, 3.8) is 0 Å². The quantitative estimate of drug-likeness (QED) is 0.554. The lowest BCUT2D eigenvalue weighted by Crippen LogP contribution is -2.33. The molecule has 0 aromatic rings. The van der Waals surface area contributed by atoms with E-state index in [4.69, 9.17) is 9.47 Å². The van der Waals surface area contributed by atoms with Crippen LogP contribution in [0.5, 0.6) is 0 Å². The second-order valence-electron chi connectivity index (χ2n) is 4.36. The average molecular weight is 231 g/mol. The number of unbranched alkanes of at least 4 members (excludes halogenated alkanes) is 1. The molecule has 2 atom stereocenters. The molecule has 1 N–H and O–H groups in total. The third-order valence-electron chi connectivity index (χ3n) is 2.64. The fraction of sp³-hybridized carbons (Fsp3) is 1.00. The van der Waals surface area contributed by atoms with Crippen molar-refractivity contribution in [3.8, 4) is 0 Å². The van der Waals surface area contributed by atoms with Crippen molar-refractivity contribution in [3.05, 3.63) is 0 Å². The molecule has 0 aliphatic rings. The van der Waals surface area contributed by atoms with Crippen LogP contribution in [0, 0.1) is 0 Å². The molecule has 0 amide bonds. The van der Waals surface area contributed by atoms with E-state index in [0.29, 0.717) is 19.3 Å². The largest absolute Gasteiger partial charge is 0.379 e. The Kier molecular flexibility index (Phi) is 11.3. The molecular formula is C13H29NO2. The first-order valence-electron chi connectivity index (χ1n) is 6.63. The molecule has 0 heterocycles. The van der Waals surface area contributed by atoms with Crippen molar-refractivity contribution in [2.24, 2.45) is 0 Å². The normalized spacial score (nSPS) is 15.0. The third kappa shape index (κ3) is 10.4. The van der Waals surface area contributed by atoms with Crippen LogP contribution in [0.2, 0.25) is 0 Å². The maximum atomic E-state index is 5.63. The van der Waals surface area contributed by atoms with Crippen molar-refractivity contribution in [1.82, 2.24) is 5.32 Å². The minimum absolute atomic E-state index is 0.267. The summed E-state index contributed by atoms with van der Waals surface area (Å²) >= 11 is 0. The smallest absolute Gasteiger partial charge is 0.0704 e. The van der Waals surface area contributed by atoms with E-state index < -0.39 is 0 Å². The average Bonchev–Trinajstić information content (AvgIpc) is 2.30. The SMILES string of the molecule is CCCCOCCOC(C)CNC(C)CC. The van der Waals surface area contributed by atoms with Gasteiger partial charge in [0.15, 0.2) is 0 Å². The molecule has 0 saturated carbocycles. The highest BCUT2D eigenvalue weighted by Gasteiger charge is 2.03. The number of nitrogens with one attached hydrogen (secondary N) is 1. The van der Waals surface area contributed by atoms with Crippen molar-refractivity contribution in [2.75, 3.05) is 26.4 Å². The Balaban J connectivity index is 3.20. The second kappa shape index (κ2) is 11.4. The molecular weight excluding hydrogens is 202 g/mol.